The van der Waals surface area contributed by atoms with Gasteiger partial charge in [0.1, 0.15) is 5.69 Å². The third kappa shape index (κ3) is 3.14. The molecular formula is C14H13N3O4. The molecule has 2 aromatic rings. The third-order valence-electron chi connectivity index (χ3n) is 3.06. The molecule has 0 aliphatic rings. The van der Waals surface area contributed by atoms with Crippen LogP contribution in [0.4, 0.5) is 22.7 Å². The first-order chi connectivity index (χ1) is 10.0. The molecular weight excluding hydrogens is 274 g/mol. The number of benzene rings is 2. The molecule has 2 aromatic carbocycles. The quantitative estimate of drug-likeness (QED) is 0.666. The predicted molar refractivity (Wildman–Crippen MR) is 78.9 cm³/mol. The third-order valence-corrected chi connectivity index (χ3v) is 3.06. The molecule has 108 valence electrons. The van der Waals surface area contributed by atoms with Gasteiger partial charge in [-0.1, -0.05) is 25.1 Å². The fourth-order valence-electron chi connectivity index (χ4n) is 1.99. The molecule has 0 spiro atoms. The zero-order chi connectivity index (χ0) is 15.4. The smallest absolute Gasteiger partial charge is 0.299 e. The van der Waals surface area contributed by atoms with E-state index in [9.17, 15) is 20.2 Å². The molecule has 0 aromatic heterocycles. The SMILES string of the molecule is CCc1ccccc1Nc1ccc([N+](=O)[O-])cc1[N+](=O)[O-]. The average Bonchev–Trinajstić information content (AvgIpc) is 2.47. The Hall–Kier alpha value is -2.96. The number of nitro groups is 2. The number of aryl methyl sites for hydroxylation is 1. The van der Waals surface area contributed by atoms with Crippen LogP contribution < -0.4 is 5.32 Å². The highest BCUT2D eigenvalue weighted by atomic mass is 16.6. The maximum atomic E-state index is 11.1. The fraction of sp³-hybridized carbons (Fsp3) is 0.143. The second kappa shape index (κ2) is 6.00. The van der Waals surface area contributed by atoms with Crippen LogP contribution in [-0.2, 0) is 6.42 Å². The number of hydrogen-bond acceptors (Lipinski definition) is 5. The first-order valence-corrected chi connectivity index (χ1v) is 6.30. The van der Waals surface area contributed by atoms with E-state index in [0.29, 0.717) is 0 Å². The van der Waals surface area contributed by atoms with E-state index in [1.807, 2.05) is 31.2 Å². The lowest BCUT2D eigenvalue weighted by atomic mass is 10.1. The topological polar surface area (TPSA) is 98.3 Å². The fourth-order valence-corrected chi connectivity index (χ4v) is 1.99. The normalized spacial score (nSPS) is 10.1. The van der Waals surface area contributed by atoms with E-state index in [1.54, 1.807) is 0 Å². The minimum absolute atomic E-state index is 0.228. The van der Waals surface area contributed by atoms with Gasteiger partial charge in [0.05, 0.1) is 15.9 Å². The Bertz CT molecular complexity index is 700. The number of non-ortho nitro benzene ring substituents is 1. The molecule has 21 heavy (non-hydrogen) atoms. The summed E-state index contributed by atoms with van der Waals surface area (Å²) in [5.74, 6) is 0. The molecule has 7 heteroatoms. The maximum absolute atomic E-state index is 11.1. The minimum Gasteiger partial charge on any atom is -0.350 e. The van der Waals surface area contributed by atoms with E-state index in [-0.39, 0.29) is 17.1 Å². The van der Waals surface area contributed by atoms with E-state index in [2.05, 4.69) is 5.32 Å². The summed E-state index contributed by atoms with van der Waals surface area (Å²) in [4.78, 5) is 20.5. The van der Waals surface area contributed by atoms with Crippen molar-refractivity contribution >= 4 is 22.7 Å². The van der Waals surface area contributed by atoms with Crippen LogP contribution in [-0.4, -0.2) is 9.85 Å². The molecule has 0 saturated carbocycles. The number of nitro benzene ring substituents is 2. The number of rotatable bonds is 5. The summed E-state index contributed by atoms with van der Waals surface area (Å²) in [6.07, 6.45) is 0.768. The Labute approximate surface area is 120 Å². The number of para-hydroxylation sites is 1. The first kappa shape index (κ1) is 14.4. The Balaban J connectivity index is 2.44. The molecule has 0 radical (unpaired) electrons. The molecule has 2 rings (SSSR count). The van der Waals surface area contributed by atoms with Crippen LogP contribution in [0, 0.1) is 20.2 Å². The molecule has 0 amide bonds. The maximum Gasteiger partial charge on any atom is 0.299 e. The van der Waals surface area contributed by atoms with Crippen molar-refractivity contribution in [3.8, 4) is 0 Å². The van der Waals surface area contributed by atoms with Gasteiger partial charge in [-0.05, 0) is 24.1 Å². The summed E-state index contributed by atoms with van der Waals surface area (Å²) in [6.45, 7) is 1.98. The van der Waals surface area contributed by atoms with Gasteiger partial charge in [-0.3, -0.25) is 20.2 Å². The van der Waals surface area contributed by atoms with Crippen LogP contribution in [0.3, 0.4) is 0 Å². The largest absolute Gasteiger partial charge is 0.350 e. The van der Waals surface area contributed by atoms with Gasteiger partial charge in [0.25, 0.3) is 11.4 Å². The standard InChI is InChI=1S/C14H13N3O4/c1-2-10-5-3-4-6-12(10)15-13-8-7-11(16(18)19)9-14(13)17(20)21/h3-9,15H,2H2,1H3. The molecule has 0 atom stereocenters. The average molecular weight is 287 g/mol. The molecule has 1 N–H and O–H groups in total. The molecule has 0 saturated heterocycles. The Morgan fingerprint density at radius 2 is 1.71 bits per heavy atom. The van der Waals surface area contributed by atoms with E-state index < -0.39 is 9.85 Å². The van der Waals surface area contributed by atoms with E-state index in [1.165, 1.54) is 12.1 Å². The van der Waals surface area contributed by atoms with E-state index in [4.69, 9.17) is 0 Å². The predicted octanol–water partition coefficient (Wildman–Crippen LogP) is 3.81. The lowest BCUT2D eigenvalue weighted by molar-refractivity contribution is -0.393. The zero-order valence-corrected chi connectivity index (χ0v) is 11.3. The van der Waals surface area contributed by atoms with Gasteiger partial charge in [0.15, 0.2) is 0 Å². The Morgan fingerprint density at radius 1 is 1.00 bits per heavy atom. The van der Waals surface area contributed by atoms with Crippen molar-refractivity contribution in [2.24, 2.45) is 0 Å². The van der Waals surface area contributed by atoms with Gasteiger partial charge in [-0.2, -0.15) is 0 Å². The minimum atomic E-state index is -0.656. The van der Waals surface area contributed by atoms with Gasteiger partial charge < -0.3 is 5.32 Å². The van der Waals surface area contributed by atoms with Gasteiger partial charge in [0, 0.05) is 11.8 Å². The highest BCUT2D eigenvalue weighted by molar-refractivity contribution is 5.73. The van der Waals surface area contributed by atoms with Gasteiger partial charge in [-0.15, -0.1) is 0 Å². The van der Waals surface area contributed by atoms with Crippen molar-refractivity contribution in [3.63, 3.8) is 0 Å². The molecule has 0 heterocycles. The highest BCUT2D eigenvalue weighted by Gasteiger charge is 2.19. The summed E-state index contributed by atoms with van der Waals surface area (Å²) in [5.41, 5.74) is 1.35. The van der Waals surface area contributed by atoms with Gasteiger partial charge in [0.2, 0.25) is 0 Å². The van der Waals surface area contributed by atoms with Crippen molar-refractivity contribution in [1.82, 2.24) is 0 Å². The number of anilines is 2. The number of hydrogen-bond donors (Lipinski definition) is 1. The van der Waals surface area contributed by atoms with Crippen LogP contribution in [0.5, 0.6) is 0 Å². The second-order valence-corrected chi connectivity index (χ2v) is 4.35. The zero-order valence-electron chi connectivity index (χ0n) is 11.3. The second-order valence-electron chi connectivity index (χ2n) is 4.35. The molecule has 0 bridgehead atoms. The molecule has 0 aliphatic heterocycles. The Morgan fingerprint density at radius 3 is 2.33 bits per heavy atom. The summed E-state index contributed by atoms with van der Waals surface area (Å²) >= 11 is 0. The number of nitrogens with one attached hydrogen (secondary N) is 1. The highest BCUT2D eigenvalue weighted by Crippen LogP contribution is 2.32. The van der Waals surface area contributed by atoms with Crippen LogP contribution in [0.15, 0.2) is 42.5 Å². The summed E-state index contributed by atoms with van der Waals surface area (Å²) < 4.78 is 0. The lowest BCUT2D eigenvalue weighted by Gasteiger charge is -2.10. The van der Waals surface area contributed by atoms with Gasteiger partial charge in [-0.25, -0.2) is 0 Å². The van der Waals surface area contributed by atoms with Crippen LogP contribution in [0.1, 0.15) is 12.5 Å². The monoisotopic (exact) mass is 287 g/mol. The summed E-state index contributed by atoms with van der Waals surface area (Å²) in [5, 5.41) is 24.8. The van der Waals surface area contributed by atoms with E-state index in [0.717, 1.165) is 23.7 Å². The van der Waals surface area contributed by atoms with Crippen molar-refractivity contribution in [2.45, 2.75) is 13.3 Å². The number of nitrogens with zero attached hydrogens (tertiary/aromatic N) is 2. The van der Waals surface area contributed by atoms with Crippen molar-refractivity contribution < 1.29 is 9.85 Å². The molecule has 0 unspecified atom stereocenters. The summed E-state index contributed by atoms with van der Waals surface area (Å²) in [7, 11) is 0. The molecule has 0 aliphatic carbocycles. The van der Waals surface area contributed by atoms with Crippen LogP contribution in [0.2, 0.25) is 0 Å². The van der Waals surface area contributed by atoms with Crippen molar-refractivity contribution in [2.75, 3.05) is 5.32 Å². The van der Waals surface area contributed by atoms with Crippen molar-refractivity contribution in [3.05, 3.63) is 68.3 Å². The molecule has 7 nitrogen and oxygen atoms in total. The van der Waals surface area contributed by atoms with Gasteiger partial charge >= 0.3 is 0 Å². The molecule has 0 fully saturated rings. The van der Waals surface area contributed by atoms with Crippen molar-refractivity contribution in [1.29, 1.82) is 0 Å². The first-order valence-electron chi connectivity index (χ1n) is 6.30. The Kier molecular flexibility index (Phi) is 4.13. The van der Waals surface area contributed by atoms with Crippen LogP contribution in [0.25, 0.3) is 0 Å². The van der Waals surface area contributed by atoms with E-state index >= 15 is 0 Å². The lowest BCUT2D eigenvalue weighted by Crippen LogP contribution is -2.00. The van der Waals surface area contributed by atoms with Crippen LogP contribution >= 0.6 is 0 Å². The summed E-state index contributed by atoms with van der Waals surface area (Å²) in [6, 6.07) is 11.0.